The average Bonchev–Trinajstić information content (AvgIpc) is 2.17. The lowest BCUT2D eigenvalue weighted by atomic mass is 10.2. The second-order valence-corrected chi connectivity index (χ2v) is 2.95. The number of aromatic amines is 2. The van der Waals surface area contributed by atoms with Crippen LogP contribution in [0.25, 0.3) is 11.0 Å². The maximum absolute atomic E-state index is 11.6. The first kappa shape index (κ1) is 9.20. The van der Waals surface area contributed by atoms with Gasteiger partial charge in [0.2, 0.25) is 11.0 Å². The molecule has 0 bridgehead atoms. The Hall–Kier alpha value is -2.37. The van der Waals surface area contributed by atoms with Crippen LogP contribution in [0.1, 0.15) is 10.4 Å². The summed E-state index contributed by atoms with van der Waals surface area (Å²) in [5.41, 5.74) is -1.11. The van der Waals surface area contributed by atoms with Crippen LogP contribution in [0, 0.1) is 0 Å². The Morgan fingerprint density at radius 3 is 2.67 bits per heavy atom. The summed E-state index contributed by atoms with van der Waals surface area (Å²) >= 11 is 0. The van der Waals surface area contributed by atoms with Crippen molar-refractivity contribution in [1.82, 2.24) is 9.97 Å². The van der Waals surface area contributed by atoms with Gasteiger partial charge in [-0.3, -0.25) is 9.59 Å². The molecule has 2 heterocycles. The molecule has 0 atom stereocenters. The molecule has 0 aromatic carbocycles. The number of H-pyrrole nitrogens is 2. The lowest BCUT2D eigenvalue weighted by Gasteiger charge is -1.98. The minimum atomic E-state index is -1.30. The van der Waals surface area contributed by atoms with Crippen LogP contribution in [0.5, 0.6) is 0 Å². The molecular formula is C9H6N2O4. The van der Waals surface area contributed by atoms with Gasteiger partial charge in [0.05, 0.1) is 5.39 Å². The Balaban J connectivity index is 2.92. The van der Waals surface area contributed by atoms with Crippen LogP contribution in [-0.4, -0.2) is 21.0 Å². The highest BCUT2D eigenvalue weighted by atomic mass is 16.4. The molecule has 0 spiro atoms. The van der Waals surface area contributed by atoms with E-state index in [0.29, 0.717) is 0 Å². The van der Waals surface area contributed by atoms with Crippen molar-refractivity contribution in [2.75, 3.05) is 0 Å². The van der Waals surface area contributed by atoms with Crippen molar-refractivity contribution in [3.05, 3.63) is 44.5 Å². The smallest absolute Gasteiger partial charge is 0.341 e. The number of rotatable bonds is 1. The number of fused-ring (bicyclic) bond motifs is 1. The second-order valence-electron chi connectivity index (χ2n) is 2.95. The maximum Gasteiger partial charge on any atom is 0.341 e. The van der Waals surface area contributed by atoms with Crippen molar-refractivity contribution >= 4 is 17.0 Å². The van der Waals surface area contributed by atoms with Crippen LogP contribution in [0.4, 0.5) is 0 Å². The van der Waals surface area contributed by atoms with Gasteiger partial charge in [-0.1, -0.05) is 0 Å². The Morgan fingerprint density at radius 2 is 2.00 bits per heavy atom. The lowest BCUT2D eigenvalue weighted by molar-refractivity contribution is 0.0695. The number of carboxylic acids is 1. The molecule has 0 aliphatic rings. The molecule has 2 aromatic rings. The third kappa shape index (κ3) is 1.41. The zero-order valence-electron chi connectivity index (χ0n) is 7.40. The quantitative estimate of drug-likeness (QED) is 0.606. The summed E-state index contributed by atoms with van der Waals surface area (Å²) in [6, 6.07) is 2.46. The largest absolute Gasteiger partial charge is 0.477 e. The third-order valence-corrected chi connectivity index (χ3v) is 2.00. The zero-order valence-corrected chi connectivity index (χ0v) is 7.40. The van der Waals surface area contributed by atoms with Gasteiger partial charge < -0.3 is 15.1 Å². The Bertz CT molecular complexity index is 653. The van der Waals surface area contributed by atoms with E-state index in [4.69, 9.17) is 5.11 Å². The highest BCUT2D eigenvalue weighted by Gasteiger charge is 2.11. The van der Waals surface area contributed by atoms with E-state index < -0.39 is 11.4 Å². The molecule has 6 heteroatoms. The van der Waals surface area contributed by atoms with Crippen molar-refractivity contribution < 1.29 is 9.90 Å². The van der Waals surface area contributed by atoms with Gasteiger partial charge in [-0.15, -0.1) is 0 Å². The van der Waals surface area contributed by atoms with Gasteiger partial charge >= 0.3 is 5.97 Å². The molecule has 0 fully saturated rings. The minimum absolute atomic E-state index is 0.148. The van der Waals surface area contributed by atoms with Crippen LogP contribution in [-0.2, 0) is 0 Å². The van der Waals surface area contributed by atoms with E-state index in [2.05, 4.69) is 9.97 Å². The van der Waals surface area contributed by atoms with Gasteiger partial charge in [-0.2, -0.15) is 0 Å². The number of carbonyl (C=O) groups is 1. The summed E-state index contributed by atoms with van der Waals surface area (Å²) in [7, 11) is 0. The molecule has 76 valence electrons. The molecule has 0 amide bonds. The van der Waals surface area contributed by atoms with E-state index in [1.165, 1.54) is 12.1 Å². The van der Waals surface area contributed by atoms with Gasteiger partial charge in [-0.05, 0) is 6.07 Å². The molecule has 15 heavy (non-hydrogen) atoms. The molecule has 0 radical (unpaired) electrons. The molecule has 0 unspecified atom stereocenters. The monoisotopic (exact) mass is 206 g/mol. The summed E-state index contributed by atoms with van der Waals surface area (Å²) in [6.45, 7) is 0. The summed E-state index contributed by atoms with van der Waals surface area (Å²) in [6.07, 6.45) is 1.06. The van der Waals surface area contributed by atoms with Crippen molar-refractivity contribution in [2.24, 2.45) is 0 Å². The molecule has 0 saturated carbocycles. The summed E-state index contributed by atoms with van der Waals surface area (Å²) in [4.78, 5) is 38.1. The van der Waals surface area contributed by atoms with Crippen LogP contribution in [0.15, 0.2) is 27.9 Å². The number of hydrogen-bond acceptors (Lipinski definition) is 3. The fourth-order valence-corrected chi connectivity index (χ4v) is 1.29. The van der Waals surface area contributed by atoms with Crippen LogP contribution in [0.3, 0.4) is 0 Å². The maximum atomic E-state index is 11.6. The fourth-order valence-electron chi connectivity index (χ4n) is 1.29. The molecule has 0 aliphatic heterocycles. The first-order valence-electron chi connectivity index (χ1n) is 4.07. The molecule has 6 nitrogen and oxygen atoms in total. The average molecular weight is 206 g/mol. The lowest BCUT2D eigenvalue weighted by Crippen LogP contribution is -2.17. The summed E-state index contributed by atoms with van der Waals surface area (Å²) in [5.74, 6) is -1.30. The van der Waals surface area contributed by atoms with E-state index in [9.17, 15) is 14.4 Å². The van der Waals surface area contributed by atoms with Crippen molar-refractivity contribution in [1.29, 1.82) is 0 Å². The fraction of sp³-hybridized carbons (Fsp3) is 0. The van der Waals surface area contributed by atoms with Crippen molar-refractivity contribution in [3.63, 3.8) is 0 Å². The zero-order chi connectivity index (χ0) is 11.0. The van der Waals surface area contributed by atoms with E-state index in [1.54, 1.807) is 0 Å². The number of pyridine rings is 2. The highest BCUT2D eigenvalue weighted by molar-refractivity contribution is 5.91. The highest BCUT2D eigenvalue weighted by Crippen LogP contribution is 2.01. The number of hydrogen-bond donors (Lipinski definition) is 3. The predicted octanol–water partition coefficient (Wildman–Crippen LogP) is -0.0854. The van der Waals surface area contributed by atoms with E-state index in [0.717, 1.165) is 6.20 Å². The molecular weight excluding hydrogens is 200 g/mol. The van der Waals surface area contributed by atoms with Crippen molar-refractivity contribution in [2.45, 2.75) is 0 Å². The first-order chi connectivity index (χ1) is 7.09. The van der Waals surface area contributed by atoms with Crippen LogP contribution in [0.2, 0.25) is 0 Å². The third-order valence-electron chi connectivity index (χ3n) is 2.00. The van der Waals surface area contributed by atoms with Gasteiger partial charge in [0.25, 0.3) is 0 Å². The number of nitrogens with one attached hydrogen (secondary N) is 2. The molecule has 3 N–H and O–H groups in total. The Kier molecular flexibility index (Phi) is 1.89. The molecule has 2 aromatic heterocycles. The van der Waals surface area contributed by atoms with E-state index in [-0.39, 0.29) is 22.2 Å². The Labute approximate surface area is 82.2 Å². The predicted molar refractivity (Wildman–Crippen MR) is 52.1 cm³/mol. The summed E-state index contributed by atoms with van der Waals surface area (Å²) < 4.78 is 0. The number of carboxylic acid groups (broad SMARTS) is 1. The molecule has 0 saturated heterocycles. The number of aromatic nitrogens is 2. The van der Waals surface area contributed by atoms with Crippen LogP contribution < -0.4 is 11.0 Å². The first-order valence-corrected chi connectivity index (χ1v) is 4.07. The SMILES string of the molecule is O=C(O)c1c[nH]c2[nH]c(=O)ccc2c1=O. The summed E-state index contributed by atoms with van der Waals surface area (Å²) in [5, 5.41) is 8.84. The molecule has 0 aliphatic carbocycles. The molecule has 2 rings (SSSR count). The van der Waals surface area contributed by atoms with E-state index >= 15 is 0 Å². The van der Waals surface area contributed by atoms with Crippen LogP contribution >= 0.6 is 0 Å². The normalized spacial score (nSPS) is 10.4. The topological polar surface area (TPSA) is 103 Å². The van der Waals surface area contributed by atoms with Gasteiger partial charge in [0.1, 0.15) is 11.2 Å². The minimum Gasteiger partial charge on any atom is -0.477 e. The van der Waals surface area contributed by atoms with Crippen molar-refractivity contribution in [3.8, 4) is 0 Å². The second kappa shape index (κ2) is 3.09. The Morgan fingerprint density at radius 1 is 1.27 bits per heavy atom. The van der Waals surface area contributed by atoms with E-state index in [1.807, 2.05) is 0 Å². The standard InChI is InChI=1S/C9H6N2O4/c12-6-2-1-4-7(13)5(9(14)15)3-10-8(4)11-6/h1-3H,(H,14,15)(H2,10,11,12,13). The van der Waals surface area contributed by atoms with Gasteiger partial charge in [-0.25, -0.2) is 4.79 Å². The van der Waals surface area contributed by atoms with Gasteiger partial charge in [0, 0.05) is 12.3 Å². The van der Waals surface area contributed by atoms with Gasteiger partial charge in [0.15, 0.2) is 0 Å². The number of aromatic carboxylic acids is 1.